The van der Waals surface area contributed by atoms with Crippen molar-refractivity contribution in [3.8, 4) is 22.1 Å². The van der Waals surface area contributed by atoms with Gasteiger partial charge in [-0.05, 0) is 62.2 Å². The van der Waals surface area contributed by atoms with E-state index in [4.69, 9.17) is 9.72 Å². The Bertz CT molecular complexity index is 1760. The number of ketones is 1. The molecular weight excluding hydrogens is 623 g/mol. The number of benzene rings is 1. The average molecular weight is 661 g/mol. The smallest absolute Gasteiger partial charge is 0.319 e. The second kappa shape index (κ2) is 14.5. The van der Waals surface area contributed by atoms with Crippen molar-refractivity contribution in [2.75, 3.05) is 38.1 Å². The van der Waals surface area contributed by atoms with Gasteiger partial charge in [0.05, 0.1) is 26.8 Å². The van der Waals surface area contributed by atoms with Gasteiger partial charge in [0.25, 0.3) is 0 Å². The number of carbonyl (C=O) groups excluding carboxylic acids is 3. The molecule has 47 heavy (non-hydrogen) atoms. The maximum absolute atomic E-state index is 15.1. The lowest BCUT2D eigenvalue weighted by molar-refractivity contribution is -0.133. The second-order valence-electron chi connectivity index (χ2n) is 12.0. The quantitative estimate of drug-likeness (QED) is 0.223. The summed E-state index contributed by atoms with van der Waals surface area (Å²) < 4.78 is 21.8. The van der Waals surface area contributed by atoms with E-state index in [2.05, 4.69) is 26.6 Å². The van der Waals surface area contributed by atoms with Crippen LogP contribution in [-0.4, -0.2) is 81.4 Å². The van der Waals surface area contributed by atoms with Gasteiger partial charge in [-0.25, -0.2) is 9.18 Å². The van der Waals surface area contributed by atoms with Crippen LogP contribution in [0.5, 0.6) is 11.5 Å². The van der Waals surface area contributed by atoms with E-state index in [1.54, 1.807) is 23.2 Å². The summed E-state index contributed by atoms with van der Waals surface area (Å²) in [7, 11) is 0. The Hall–Kier alpha value is -4.46. The van der Waals surface area contributed by atoms with Gasteiger partial charge in [0.15, 0.2) is 17.3 Å². The summed E-state index contributed by atoms with van der Waals surface area (Å²) in [4.78, 5) is 49.7. The van der Waals surface area contributed by atoms with Gasteiger partial charge in [0.2, 0.25) is 5.91 Å². The predicted octanol–water partition coefficient (Wildman–Crippen LogP) is 5.20. The highest BCUT2D eigenvalue weighted by Crippen LogP contribution is 2.39. The van der Waals surface area contributed by atoms with Crippen LogP contribution in [0.15, 0.2) is 54.9 Å². The molecule has 3 aromatic heterocycles. The number of hydrogen-bond donors (Lipinski definition) is 3. The molecule has 1 atom stereocenters. The Balaban J connectivity index is 1.08. The standard InChI is InChI=1S/C34H37FN6O5S/c1-21(43)41-18-25(19-41)39-34(45)38-24-6-8-30(26(35)14-24)46-31-9-11-36-28-15-32(47-33(28)31)27-7-5-22(16-37-27)17-40-12-3-2-4-23(10-13-40)29(44)20-42/h5-9,11,14-16,23,25,42H,2-4,10,12-13,17-20H2,1H3,(H2,38,39,45). The Labute approximate surface area is 275 Å². The van der Waals surface area contributed by atoms with E-state index in [1.165, 1.54) is 30.4 Å². The maximum Gasteiger partial charge on any atom is 0.319 e. The van der Waals surface area contributed by atoms with Crippen molar-refractivity contribution in [3.05, 3.63) is 66.2 Å². The third-order valence-electron chi connectivity index (χ3n) is 8.61. The number of nitrogens with one attached hydrogen (secondary N) is 2. The topological polar surface area (TPSA) is 137 Å². The number of hydrogen-bond acceptors (Lipinski definition) is 9. The van der Waals surface area contributed by atoms with Crippen LogP contribution in [0.2, 0.25) is 0 Å². The number of pyridine rings is 2. The first-order valence-electron chi connectivity index (χ1n) is 15.8. The van der Waals surface area contributed by atoms with Crippen LogP contribution in [0.4, 0.5) is 14.9 Å². The van der Waals surface area contributed by atoms with Crippen molar-refractivity contribution in [2.45, 2.75) is 45.2 Å². The number of carbonyl (C=O) groups is 3. The zero-order chi connectivity index (χ0) is 32.9. The molecule has 0 aliphatic carbocycles. The first-order valence-corrected chi connectivity index (χ1v) is 16.6. The van der Waals surface area contributed by atoms with E-state index in [9.17, 15) is 19.5 Å². The van der Waals surface area contributed by atoms with Gasteiger partial charge >= 0.3 is 6.03 Å². The molecule has 6 rings (SSSR count). The van der Waals surface area contributed by atoms with Crippen LogP contribution < -0.4 is 15.4 Å². The molecule has 2 aliphatic heterocycles. The molecular formula is C34H37FN6O5S. The van der Waals surface area contributed by atoms with Gasteiger partial charge in [-0.15, -0.1) is 11.3 Å². The lowest BCUT2D eigenvalue weighted by Gasteiger charge is -2.38. The molecule has 2 saturated heterocycles. The van der Waals surface area contributed by atoms with Gasteiger partial charge in [-0.2, -0.15) is 0 Å². The van der Waals surface area contributed by atoms with E-state index in [0.29, 0.717) is 24.4 Å². The zero-order valence-corrected chi connectivity index (χ0v) is 26.9. The van der Waals surface area contributed by atoms with Crippen molar-refractivity contribution in [2.24, 2.45) is 5.92 Å². The van der Waals surface area contributed by atoms with Crippen LogP contribution in [0.3, 0.4) is 0 Å². The number of halogens is 1. The lowest BCUT2D eigenvalue weighted by Crippen LogP contribution is -2.61. The number of anilines is 1. The monoisotopic (exact) mass is 660 g/mol. The van der Waals surface area contributed by atoms with Gasteiger partial charge < -0.3 is 25.4 Å². The van der Waals surface area contributed by atoms with E-state index >= 15 is 4.39 Å². The van der Waals surface area contributed by atoms with Gasteiger partial charge in [0.1, 0.15) is 12.4 Å². The van der Waals surface area contributed by atoms with E-state index in [0.717, 1.165) is 66.2 Å². The number of likely N-dealkylation sites (tertiary alicyclic amines) is 2. The molecule has 4 aromatic rings. The number of fused-ring (bicyclic) bond motifs is 1. The largest absolute Gasteiger partial charge is 0.453 e. The Morgan fingerprint density at radius 2 is 1.89 bits per heavy atom. The molecule has 0 radical (unpaired) electrons. The molecule has 1 aromatic carbocycles. The SMILES string of the molecule is CC(=O)N1CC(NC(=O)Nc2ccc(Oc3ccnc4cc(-c5ccc(CN6CCCCC(C(=O)CO)CC6)cn5)sc34)c(F)c2)C1. The van der Waals surface area contributed by atoms with E-state index in [1.807, 2.05) is 18.3 Å². The summed E-state index contributed by atoms with van der Waals surface area (Å²) >= 11 is 1.46. The molecule has 3 amide bonds. The third kappa shape index (κ3) is 7.92. The molecule has 3 N–H and O–H groups in total. The number of nitrogens with zero attached hydrogens (tertiary/aromatic N) is 4. The number of aliphatic hydroxyl groups is 1. The molecule has 2 fully saturated rings. The van der Waals surface area contributed by atoms with Crippen LogP contribution >= 0.6 is 11.3 Å². The molecule has 0 saturated carbocycles. The van der Waals surface area contributed by atoms with Crippen LogP contribution in [-0.2, 0) is 16.1 Å². The highest BCUT2D eigenvalue weighted by Gasteiger charge is 2.29. The highest BCUT2D eigenvalue weighted by molar-refractivity contribution is 7.22. The van der Waals surface area contributed by atoms with Gasteiger partial charge in [0, 0.05) is 62.7 Å². The number of urea groups is 1. The summed E-state index contributed by atoms with van der Waals surface area (Å²) in [5, 5.41) is 14.7. The minimum absolute atomic E-state index is 0.00763. The van der Waals surface area contributed by atoms with E-state index in [-0.39, 0.29) is 41.7 Å². The Morgan fingerprint density at radius 3 is 2.64 bits per heavy atom. The Morgan fingerprint density at radius 1 is 1.04 bits per heavy atom. The molecule has 0 bridgehead atoms. The minimum atomic E-state index is -0.635. The van der Waals surface area contributed by atoms with Crippen molar-refractivity contribution >= 4 is 45.0 Å². The molecule has 0 spiro atoms. The Kier molecular flexibility index (Phi) is 10.0. The predicted molar refractivity (Wildman–Crippen MR) is 177 cm³/mol. The van der Waals surface area contributed by atoms with Crippen molar-refractivity contribution in [1.29, 1.82) is 0 Å². The zero-order valence-electron chi connectivity index (χ0n) is 26.1. The van der Waals surface area contributed by atoms with E-state index < -0.39 is 11.8 Å². The van der Waals surface area contributed by atoms with Crippen molar-refractivity contribution in [3.63, 3.8) is 0 Å². The second-order valence-corrected chi connectivity index (χ2v) is 13.1. The normalized spacial score (nSPS) is 17.4. The number of Topliss-reactive ketones (excluding diaryl/α,β-unsaturated/α-hetero) is 1. The minimum Gasteiger partial charge on any atom is -0.453 e. The summed E-state index contributed by atoms with van der Waals surface area (Å²) in [5.74, 6) is -0.338. The first-order chi connectivity index (χ1) is 22.7. The lowest BCUT2D eigenvalue weighted by atomic mass is 9.92. The number of aromatic nitrogens is 2. The number of amides is 3. The van der Waals surface area contributed by atoms with Crippen molar-refractivity contribution in [1.82, 2.24) is 25.1 Å². The maximum atomic E-state index is 15.1. The fourth-order valence-electron chi connectivity index (χ4n) is 5.93. The first kappa shape index (κ1) is 32.5. The fraction of sp³-hybridized carbons (Fsp3) is 0.382. The molecule has 2 aliphatic rings. The summed E-state index contributed by atoms with van der Waals surface area (Å²) in [6.45, 7) is 4.51. The molecule has 246 valence electrons. The van der Waals surface area contributed by atoms with Crippen molar-refractivity contribution < 1.29 is 28.6 Å². The van der Waals surface area contributed by atoms with Gasteiger partial charge in [-0.3, -0.25) is 24.5 Å². The molecule has 11 nitrogen and oxygen atoms in total. The molecule has 13 heteroatoms. The molecule has 1 unspecified atom stereocenters. The van der Waals surface area contributed by atoms with Gasteiger partial charge in [-0.1, -0.05) is 12.5 Å². The van der Waals surface area contributed by atoms with Crippen LogP contribution in [0.25, 0.3) is 20.8 Å². The summed E-state index contributed by atoms with van der Waals surface area (Å²) in [5.41, 5.74) is 2.85. The molecule has 5 heterocycles. The summed E-state index contributed by atoms with van der Waals surface area (Å²) in [6, 6.07) is 11.3. The number of thiophene rings is 1. The number of ether oxygens (including phenoxy) is 1. The summed E-state index contributed by atoms with van der Waals surface area (Å²) in [6.07, 6.45) is 7.09. The highest BCUT2D eigenvalue weighted by atomic mass is 32.1. The number of aliphatic hydroxyl groups excluding tert-OH is 1. The third-order valence-corrected chi connectivity index (χ3v) is 9.77. The number of rotatable bonds is 9. The van der Waals surface area contributed by atoms with Crippen LogP contribution in [0.1, 0.15) is 38.2 Å². The van der Waals surface area contributed by atoms with Crippen LogP contribution in [0, 0.1) is 11.7 Å². The fourth-order valence-corrected chi connectivity index (χ4v) is 6.97. The average Bonchev–Trinajstić information content (AvgIpc) is 3.47.